The average Bonchev–Trinajstić information content (AvgIpc) is 3.42. The van der Waals surface area contributed by atoms with E-state index in [1.165, 1.54) is 18.2 Å². The van der Waals surface area contributed by atoms with Gasteiger partial charge >= 0.3 is 0 Å². The van der Waals surface area contributed by atoms with Gasteiger partial charge in [0.2, 0.25) is 5.82 Å². The van der Waals surface area contributed by atoms with Gasteiger partial charge in [0.1, 0.15) is 18.1 Å². The summed E-state index contributed by atoms with van der Waals surface area (Å²) in [5.41, 5.74) is 3.12. The molecule has 0 aliphatic carbocycles. The molecular weight excluding hydrogens is 466 g/mol. The monoisotopic (exact) mass is 483 g/mol. The van der Waals surface area contributed by atoms with Crippen LogP contribution in [0.1, 0.15) is 21.6 Å². The van der Waals surface area contributed by atoms with E-state index in [-0.39, 0.29) is 17.1 Å². The summed E-state index contributed by atoms with van der Waals surface area (Å²) in [4.78, 5) is 17.2. The van der Waals surface area contributed by atoms with Gasteiger partial charge in [-0.15, -0.1) is 10.2 Å². The topological polar surface area (TPSA) is 114 Å². The zero-order chi connectivity index (χ0) is 24.2. The molecule has 0 unspecified atom stereocenters. The van der Waals surface area contributed by atoms with Crippen LogP contribution < -0.4 is 4.74 Å². The standard InChI is InChI=1S/C26H18ClN5O3/c27-19-7-4-17-5-8-20(28-23(17)14-19)15-35-21-9-1-16(2-10-21)3-11-24(33)22-13-18(6-12-25(22)34)26-29-31-32-30-26/h1-14,34H,15H2,(H,29,30,31,32)/b11-3+. The van der Waals surface area contributed by atoms with Crippen molar-refractivity contribution in [3.05, 3.63) is 101 Å². The fourth-order valence-electron chi connectivity index (χ4n) is 3.46. The van der Waals surface area contributed by atoms with Crippen molar-refractivity contribution in [1.82, 2.24) is 25.6 Å². The van der Waals surface area contributed by atoms with Gasteiger partial charge in [0.25, 0.3) is 0 Å². The number of nitrogens with one attached hydrogen (secondary N) is 1. The van der Waals surface area contributed by atoms with Crippen LogP contribution in [-0.4, -0.2) is 36.5 Å². The van der Waals surface area contributed by atoms with Gasteiger partial charge in [-0.2, -0.15) is 5.21 Å². The molecule has 3 aromatic carbocycles. The van der Waals surface area contributed by atoms with Crippen LogP contribution in [0.25, 0.3) is 28.4 Å². The van der Waals surface area contributed by atoms with Crippen molar-refractivity contribution in [2.24, 2.45) is 0 Å². The van der Waals surface area contributed by atoms with Crippen molar-refractivity contribution < 1.29 is 14.6 Å². The molecule has 2 N–H and O–H groups in total. The lowest BCUT2D eigenvalue weighted by Gasteiger charge is -2.07. The molecule has 35 heavy (non-hydrogen) atoms. The highest BCUT2D eigenvalue weighted by Gasteiger charge is 2.12. The van der Waals surface area contributed by atoms with Gasteiger partial charge in [0.15, 0.2) is 5.78 Å². The number of ether oxygens (including phenoxy) is 1. The molecule has 9 heteroatoms. The first kappa shape index (κ1) is 22.2. The van der Waals surface area contributed by atoms with Crippen molar-refractivity contribution in [2.45, 2.75) is 6.61 Å². The van der Waals surface area contributed by atoms with Crippen LogP contribution in [0, 0.1) is 0 Å². The number of nitrogens with zero attached hydrogens (tertiary/aromatic N) is 4. The number of aromatic nitrogens is 5. The predicted octanol–water partition coefficient (Wildman–Crippen LogP) is 5.25. The van der Waals surface area contributed by atoms with Crippen LogP contribution >= 0.6 is 11.6 Å². The van der Waals surface area contributed by atoms with Crippen molar-refractivity contribution in [1.29, 1.82) is 0 Å². The first-order chi connectivity index (χ1) is 17.0. The second kappa shape index (κ2) is 9.74. The molecule has 5 aromatic rings. The van der Waals surface area contributed by atoms with Crippen LogP contribution in [0.15, 0.2) is 78.9 Å². The van der Waals surface area contributed by atoms with Crippen molar-refractivity contribution >= 4 is 34.4 Å². The number of phenolic OH excluding ortho intramolecular Hbond substituents is 1. The van der Waals surface area contributed by atoms with E-state index in [2.05, 4.69) is 25.6 Å². The third-order valence-corrected chi connectivity index (χ3v) is 5.51. The molecule has 0 aliphatic rings. The summed E-state index contributed by atoms with van der Waals surface area (Å²) in [7, 11) is 0. The predicted molar refractivity (Wildman–Crippen MR) is 132 cm³/mol. The molecule has 0 saturated heterocycles. The number of phenols is 1. The normalized spacial score (nSPS) is 11.2. The third-order valence-electron chi connectivity index (χ3n) is 5.27. The molecule has 8 nitrogen and oxygen atoms in total. The average molecular weight is 484 g/mol. The van der Waals surface area contributed by atoms with Gasteiger partial charge in [0.05, 0.1) is 16.8 Å². The van der Waals surface area contributed by atoms with Crippen LogP contribution in [0.5, 0.6) is 11.5 Å². The highest BCUT2D eigenvalue weighted by atomic mass is 35.5. The van der Waals surface area contributed by atoms with Crippen LogP contribution in [0.2, 0.25) is 5.02 Å². The number of halogens is 1. The second-order valence-corrected chi connectivity index (χ2v) is 8.10. The number of carbonyl (C=O) groups is 1. The number of fused-ring (bicyclic) bond motifs is 1. The number of ketones is 1. The Kier molecular flexibility index (Phi) is 6.19. The van der Waals surface area contributed by atoms with Crippen LogP contribution in [-0.2, 0) is 6.61 Å². The van der Waals surface area contributed by atoms with Crippen LogP contribution in [0.4, 0.5) is 0 Å². The first-order valence-electron chi connectivity index (χ1n) is 10.6. The molecule has 0 fully saturated rings. The third kappa shape index (κ3) is 5.18. The summed E-state index contributed by atoms with van der Waals surface area (Å²) in [5.74, 6) is 0.532. The second-order valence-electron chi connectivity index (χ2n) is 7.66. The van der Waals surface area contributed by atoms with E-state index in [1.54, 1.807) is 12.1 Å². The Balaban J connectivity index is 1.23. The van der Waals surface area contributed by atoms with E-state index >= 15 is 0 Å². The molecule has 0 amide bonds. The Morgan fingerprint density at radius 1 is 1.03 bits per heavy atom. The minimum Gasteiger partial charge on any atom is -0.507 e. The fourth-order valence-corrected chi connectivity index (χ4v) is 3.63. The summed E-state index contributed by atoms with van der Waals surface area (Å²) in [6.45, 7) is 0.312. The summed E-state index contributed by atoms with van der Waals surface area (Å²) in [6.07, 6.45) is 3.07. The van der Waals surface area contributed by atoms with E-state index in [0.717, 1.165) is 22.2 Å². The van der Waals surface area contributed by atoms with Crippen LogP contribution in [0.3, 0.4) is 0 Å². The number of benzene rings is 3. The number of rotatable bonds is 7. The summed E-state index contributed by atoms with van der Waals surface area (Å²) in [6, 6.07) is 21.4. The maximum atomic E-state index is 12.7. The summed E-state index contributed by atoms with van der Waals surface area (Å²) >= 11 is 6.06. The summed E-state index contributed by atoms with van der Waals surface area (Å²) in [5, 5.41) is 25.4. The lowest BCUT2D eigenvalue weighted by molar-refractivity contribution is 0.104. The lowest BCUT2D eigenvalue weighted by atomic mass is 10.0. The maximum Gasteiger partial charge on any atom is 0.204 e. The largest absolute Gasteiger partial charge is 0.507 e. The number of aromatic amines is 1. The number of allylic oxidation sites excluding steroid dienone is 1. The van der Waals surface area contributed by atoms with E-state index < -0.39 is 0 Å². The Morgan fingerprint density at radius 2 is 1.86 bits per heavy atom. The minimum atomic E-state index is -0.351. The quantitative estimate of drug-likeness (QED) is 0.240. The smallest absolute Gasteiger partial charge is 0.204 e. The van der Waals surface area contributed by atoms with Gasteiger partial charge < -0.3 is 9.84 Å². The van der Waals surface area contributed by atoms with Crippen molar-refractivity contribution in [3.8, 4) is 22.9 Å². The number of H-pyrrole nitrogens is 1. The molecule has 172 valence electrons. The Morgan fingerprint density at radius 3 is 2.66 bits per heavy atom. The Bertz CT molecular complexity index is 1530. The Hall–Kier alpha value is -4.56. The molecule has 2 aromatic heterocycles. The summed E-state index contributed by atoms with van der Waals surface area (Å²) < 4.78 is 5.85. The van der Waals surface area contributed by atoms with Gasteiger partial charge in [-0.1, -0.05) is 41.9 Å². The minimum absolute atomic E-state index is 0.125. The van der Waals surface area contributed by atoms with Gasteiger partial charge in [-0.25, -0.2) is 4.98 Å². The van der Waals surface area contributed by atoms with Gasteiger partial charge in [-0.3, -0.25) is 4.79 Å². The maximum absolute atomic E-state index is 12.7. The number of aromatic hydroxyl groups is 1. The highest BCUT2D eigenvalue weighted by molar-refractivity contribution is 6.31. The van der Waals surface area contributed by atoms with Crippen molar-refractivity contribution in [3.63, 3.8) is 0 Å². The van der Waals surface area contributed by atoms with E-state index in [1.807, 2.05) is 54.6 Å². The Labute approximate surface area is 204 Å². The zero-order valence-electron chi connectivity index (χ0n) is 18.2. The molecule has 0 aliphatic heterocycles. The molecule has 2 heterocycles. The molecule has 0 radical (unpaired) electrons. The van der Waals surface area contributed by atoms with Gasteiger partial charge in [-0.05, 0) is 65.4 Å². The number of hydrogen-bond acceptors (Lipinski definition) is 7. The van der Waals surface area contributed by atoms with E-state index in [4.69, 9.17) is 16.3 Å². The molecule has 0 bridgehead atoms. The fraction of sp³-hybridized carbons (Fsp3) is 0.0385. The SMILES string of the molecule is O=C(/C=C/c1ccc(OCc2ccc3ccc(Cl)cc3n2)cc1)c1cc(-c2nn[nH]n2)ccc1O. The zero-order valence-corrected chi connectivity index (χ0v) is 19.0. The molecule has 0 spiro atoms. The van der Waals surface area contributed by atoms with Gasteiger partial charge in [0, 0.05) is 16.0 Å². The number of carbonyl (C=O) groups excluding carboxylic acids is 1. The van der Waals surface area contributed by atoms with E-state index in [9.17, 15) is 9.90 Å². The van der Waals surface area contributed by atoms with Crippen molar-refractivity contribution in [2.75, 3.05) is 0 Å². The highest BCUT2D eigenvalue weighted by Crippen LogP contribution is 2.25. The number of pyridine rings is 1. The molecular formula is C26H18ClN5O3. The molecule has 5 rings (SSSR count). The molecule has 0 atom stereocenters. The number of tetrazole rings is 1. The lowest BCUT2D eigenvalue weighted by Crippen LogP contribution is -1.98. The molecule has 0 saturated carbocycles. The first-order valence-corrected chi connectivity index (χ1v) is 11.0. The number of hydrogen-bond donors (Lipinski definition) is 2. The van der Waals surface area contributed by atoms with E-state index in [0.29, 0.717) is 28.8 Å².